The van der Waals surface area contributed by atoms with Crippen molar-refractivity contribution < 1.29 is 14.3 Å². The Hall–Kier alpha value is -2.77. The summed E-state index contributed by atoms with van der Waals surface area (Å²) in [4.78, 5) is 25.7. The first-order valence-corrected chi connectivity index (χ1v) is 13.3. The number of benzene rings is 1. The van der Waals surface area contributed by atoms with Crippen LogP contribution in [0.2, 0.25) is 10.0 Å². The highest BCUT2D eigenvalue weighted by molar-refractivity contribution is 6.31. The molecule has 2 heterocycles. The van der Waals surface area contributed by atoms with E-state index in [0.717, 1.165) is 48.5 Å². The first-order chi connectivity index (χ1) is 17.5. The van der Waals surface area contributed by atoms with Gasteiger partial charge in [0.25, 0.3) is 0 Å². The Balaban J connectivity index is 1.53. The Morgan fingerprint density at radius 1 is 1.08 bits per heavy atom. The van der Waals surface area contributed by atoms with Gasteiger partial charge in [-0.2, -0.15) is 0 Å². The van der Waals surface area contributed by atoms with E-state index in [1.807, 2.05) is 39.0 Å². The summed E-state index contributed by atoms with van der Waals surface area (Å²) in [5.74, 6) is 1.57. The van der Waals surface area contributed by atoms with Crippen LogP contribution >= 0.6 is 23.2 Å². The summed E-state index contributed by atoms with van der Waals surface area (Å²) in [5.41, 5.74) is 2.21. The van der Waals surface area contributed by atoms with Gasteiger partial charge in [-0.25, -0.2) is 9.78 Å². The van der Waals surface area contributed by atoms with Crippen molar-refractivity contribution >= 4 is 40.8 Å². The van der Waals surface area contributed by atoms with E-state index in [-0.39, 0.29) is 18.1 Å². The Bertz CT molecular complexity index is 1170. The van der Waals surface area contributed by atoms with Gasteiger partial charge in [-0.1, -0.05) is 29.8 Å². The number of aliphatic imine (C=N–C) groups is 1. The molecular weight excluding hydrogens is 511 g/mol. The average Bonchev–Trinajstić information content (AvgIpc) is 3.01. The first-order valence-electron chi connectivity index (χ1n) is 12.5. The van der Waals surface area contributed by atoms with E-state index < -0.39 is 5.60 Å². The molecule has 2 aromatic rings. The van der Waals surface area contributed by atoms with Crippen LogP contribution < -0.4 is 9.64 Å². The van der Waals surface area contributed by atoms with Gasteiger partial charge in [0.05, 0.1) is 23.8 Å². The highest BCUT2D eigenvalue weighted by Gasteiger charge is 2.34. The summed E-state index contributed by atoms with van der Waals surface area (Å²) < 4.78 is 11.8. The largest absolute Gasteiger partial charge is 0.474 e. The fourth-order valence-corrected chi connectivity index (χ4v) is 5.09. The third-order valence-electron chi connectivity index (χ3n) is 6.56. The molecule has 0 radical (unpaired) electrons. The van der Waals surface area contributed by atoms with Crippen LogP contribution in [0.25, 0.3) is 0 Å². The molecule has 198 valence electrons. The molecule has 1 aromatic heterocycles. The molecule has 2 aliphatic rings. The van der Waals surface area contributed by atoms with Crippen molar-refractivity contribution in [1.82, 2.24) is 9.88 Å². The number of anilines is 1. The Morgan fingerprint density at radius 2 is 1.78 bits per heavy atom. The monoisotopic (exact) mass is 544 g/mol. The van der Waals surface area contributed by atoms with Crippen molar-refractivity contribution in [3.63, 3.8) is 0 Å². The van der Waals surface area contributed by atoms with E-state index in [1.165, 1.54) is 0 Å². The van der Waals surface area contributed by atoms with E-state index >= 15 is 0 Å². The summed E-state index contributed by atoms with van der Waals surface area (Å²) in [7, 11) is 1.74. The van der Waals surface area contributed by atoms with E-state index in [1.54, 1.807) is 30.3 Å². The summed E-state index contributed by atoms with van der Waals surface area (Å²) in [5, 5.41) is 1.20. The molecule has 0 bridgehead atoms. The van der Waals surface area contributed by atoms with Gasteiger partial charge < -0.3 is 14.4 Å². The molecule has 0 atom stereocenters. The third-order valence-corrected chi connectivity index (χ3v) is 7.02. The van der Waals surface area contributed by atoms with E-state index in [2.05, 4.69) is 21.5 Å². The zero-order valence-electron chi connectivity index (χ0n) is 21.8. The van der Waals surface area contributed by atoms with Crippen molar-refractivity contribution in [2.75, 3.05) is 18.5 Å². The minimum atomic E-state index is -0.602. The number of halogens is 2. The second-order valence-electron chi connectivity index (χ2n) is 10.5. The summed E-state index contributed by atoms with van der Waals surface area (Å²) in [6, 6.07) is 9.32. The molecule has 1 aromatic carbocycles. The van der Waals surface area contributed by atoms with Crippen molar-refractivity contribution in [3.05, 3.63) is 64.4 Å². The zero-order valence-corrected chi connectivity index (χ0v) is 23.3. The lowest BCUT2D eigenvalue weighted by Gasteiger charge is -2.36. The second-order valence-corrected chi connectivity index (χ2v) is 11.4. The maximum Gasteiger partial charge on any atom is 0.411 e. The van der Waals surface area contributed by atoms with Crippen molar-refractivity contribution in [1.29, 1.82) is 0 Å². The number of allylic oxidation sites excluding steroid dienone is 1. The van der Waals surface area contributed by atoms with Crippen LogP contribution in [-0.4, -0.2) is 47.1 Å². The van der Waals surface area contributed by atoms with E-state index in [9.17, 15) is 4.79 Å². The number of carbonyl (C=O) groups excluding carboxylic acids is 1. The Morgan fingerprint density at radius 3 is 2.41 bits per heavy atom. The number of carbonyl (C=O) groups is 1. The van der Waals surface area contributed by atoms with Gasteiger partial charge in [-0.3, -0.25) is 9.89 Å². The molecule has 9 heteroatoms. The van der Waals surface area contributed by atoms with Gasteiger partial charge in [0, 0.05) is 30.0 Å². The van der Waals surface area contributed by atoms with Crippen molar-refractivity contribution in [2.45, 2.75) is 64.7 Å². The molecule has 0 saturated heterocycles. The second kappa shape index (κ2) is 11.3. The molecule has 7 nitrogen and oxygen atoms in total. The van der Waals surface area contributed by atoms with Crippen molar-refractivity contribution in [2.24, 2.45) is 10.9 Å². The van der Waals surface area contributed by atoms with Gasteiger partial charge in [0.2, 0.25) is 5.88 Å². The maximum atomic E-state index is 13.1. The molecule has 1 fully saturated rings. The molecule has 1 saturated carbocycles. The SMILES string of the molecule is C=C(C1CCC(Oc2ccc(Cl)cn2)CC1)N1C(=NC)CN(C(=O)OC(C)(C)C)Cc2cc(Cl)ccc21. The molecule has 0 spiro atoms. The normalized spacial score (nSPS) is 21.3. The van der Waals surface area contributed by atoms with Crippen LogP contribution in [0.15, 0.2) is 53.8 Å². The number of rotatable bonds is 4. The van der Waals surface area contributed by atoms with Crippen molar-refractivity contribution in [3.8, 4) is 5.88 Å². The van der Waals surface area contributed by atoms with E-state index in [4.69, 9.17) is 32.7 Å². The average molecular weight is 546 g/mol. The highest BCUT2D eigenvalue weighted by Crippen LogP contribution is 2.38. The number of aromatic nitrogens is 1. The number of amides is 1. The molecular formula is C28H34Cl2N4O3. The lowest BCUT2D eigenvalue weighted by atomic mass is 9.84. The standard InChI is InChI=1S/C28H34Cl2N4O3/c1-18(19-6-10-23(11-7-19)36-26-13-9-22(30)15-32-26)34-24-12-8-21(29)14-20(24)16-33(17-25(34)31-5)27(35)37-28(2,3)4/h8-9,12-15,19,23H,1,6-7,10-11,16-17H2,2-5H3. The fraction of sp³-hybridized carbons (Fsp3) is 0.464. The van der Waals surface area contributed by atoms with Crippen LogP contribution in [0.3, 0.4) is 0 Å². The van der Waals surface area contributed by atoms with Gasteiger partial charge >= 0.3 is 6.09 Å². The number of hydrogen-bond acceptors (Lipinski definition) is 5. The number of fused-ring (bicyclic) bond motifs is 1. The summed E-state index contributed by atoms with van der Waals surface area (Å²) in [6.45, 7) is 10.8. The van der Waals surface area contributed by atoms with Gasteiger partial charge in [-0.05, 0) is 82.2 Å². The topological polar surface area (TPSA) is 67.3 Å². The maximum absolute atomic E-state index is 13.1. The minimum absolute atomic E-state index is 0.0925. The van der Waals surface area contributed by atoms with Gasteiger partial charge in [0.1, 0.15) is 17.5 Å². The third kappa shape index (κ3) is 6.76. The molecule has 37 heavy (non-hydrogen) atoms. The molecule has 0 unspecified atom stereocenters. The lowest BCUT2D eigenvalue weighted by molar-refractivity contribution is 0.0265. The van der Waals surface area contributed by atoms with Gasteiger partial charge in [-0.15, -0.1) is 0 Å². The fourth-order valence-electron chi connectivity index (χ4n) is 4.79. The van der Waals surface area contributed by atoms with Gasteiger partial charge in [0.15, 0.2) is 0 Å². The number of ether oxygens (including phenoxy) is 2. The Kier molecular flexibility index (Phi) is 8.34. The number of nitrogens with zero attached hydrogens (tertiary/aromatic N) is 4. The molecule has 1 amide bonds. The summed E-state index contributed by atoms with van der Waals surface area (Å²) in [6.07, 6.45) is 4.91. The van der Waals surface area contributed by atoms with Crippen LogP contribution in [-0.2, 0) is 11.3 Å². The molecule has 4 rings (SSSR count). The molecule has 1 aliphatic heterocycles. The predicted octanol–water partition coefficient (Wildman–Crippen LogP) is 7.13. The molecule has 0 N–H and O–H groups in total. The highest BCUT2D eigenvalue weighted by atomic mass is 35.5. The molecule has 1 aliphatic carbocycles. The number of pyridine rings is 1. The number of amidine groups is 1. The smallest absolute Gasteiger partial charge is 0.411 e. The predicted molar refractivity (Wildman–Crippen MR) is 149 cm³/mol. The lowest BCUT2D eigenvalue weighted by Crippen LogP contribution is -2.43. The van der Waals surface area contributed by atoms with Crippen LogP contribution in [0.1, 0.15) is 52.0 Å². The first kappa shape index (κ1) is 27.3. The summed E-state index contributed by atoms with van der Waals surface area (Å²) >= 11 is 12.3. The quantitative estimate of drug-likeness (QED) is 0.409. The zero-order chi connectivity index (χ0) is 26.7. The Labute approximate surface area is 229 Å². The minimum Gasteiger partial charge on any atom is -0.474 e. The van der Waals surface area contributed by atoms with E-state index in [0.29, 0.717) is 29.0 Å². The number of hydrogen-bond donors (Lipinski definition) is 0. The van der Waals surface area contributed by atoms with Crippen LogP contribution in [0.4, 0.5) is 10.5 Å². The van der Waals surface area contributed by atoms with Crippen LogP contribution in [0.5, 0.6) is 5.88 Å². The van der Waals surface area contributed by atoms with Crippen LogP contribution in [0, 0.1) is 5.92 Å².